The number of hydrogen-bond acceptors (Lipinski definition) is 4. The molecule has 0 saturated carbocycles. The summed E-state index contributed by atoms with van der Waals surface area (Å²) in [5, 5.41) is 8.95. The average Bonchev–Trinajstić information content (AvgIpc) is 2.73. The minimum Gasteiger partial charge on any atom is -0.480 e. The highest BCUT2D eigenvalue weighted by atomic mass is 19.1. The summed E-state index contributed by atoms with van der Waals surface area (Å²) in [6, 6.07) is 1.63. The molecule has 0 bridgehead atoms. The Kier molecular flexibility index (Phi) is 2.90. The van der Waals surface area contributed by atoms with Gasteiger partial charge in [-0.1, -0.05) is 0 Å². The van der Waals surface area contributed by atoms with Gasteiger partial charge in [-0.05, 0) is 31.5 Å². The van der Waals surface area contributed by atoms with E-state index in [0.717, 1.165) is 0 Å². The van der Waals surface area contributed by atoms with E-state index in [1.165, 1.54) is 26.0 Å². The molecule has 1 aliphatic rings. The first kappa shape index (κ1) is 12.6. The second-order valence-corrected chi connectivity index (χ2v) is 4.59. The van der Waals surface area contributed by atoms with Crippen molar-refractivity contribution >= 4 is 5.97 Å². The predicted molar refractivity (Wildman–Crippen MR) is 61.3 cm³/mol. The topological polar surface area (TPSA) is 81.8 Å². The second-order valence-electron chi connectivity index (χ2n) is 4.59. The fraction of sp³-hybridized carbons (Fsp3) is 0.417. The van der Waals surface area contributed by atoms with Gasteiger partial charge in [0.05, 0.1) is 0 Å². The number of carboxylic acids is 1. The Hall–Kier alpha value is -1.82. The van der Waals surface area contributed by atoms with E-state index < -0.39 is 17.7 Å². The summed E-state index contributed by atoms with van der Waals surface area (Å²) in [4.78, 5) is 10.9. The second kappa shape index (κ2) is 4.13. The van der Waals surface area contributed by atoms with Gasteiger partial charge in [0.15, 0.2) is 11.5 Å². The van der Waals surface area contributed by atoms with Gasteiger partial charge in [-0.2, -0.15) is 0 Å². The summed E-state index contributed by atoms with van der Waals surface area (Å²) in [5.41, 5.74) is 4.47. The van der Waals surface area contributed by atoms with E-state index in [4.69, 9.17) is 20.3 Å². The molecule has 5 nitrogen and oxygen atoms in total. The van der Waals surface area contributed by atoms with Crippen molar-refractivity contribution in [1.29, 1.82) is 0 Å². The maximum Gasteiger partial charge on any atom is 0.325 e. The number of alkyl halides is 1. The monoisotopic (exact) mass is 255 g/mol. The molecule has 0 fully saturated rings. The molecule has 0 aromatic heterocycles. The molecule has 0 spiro atoms. The van der Waals surface area contributed by atoms with Crippen LogP contribution >= 0.6 is 0 Å². The van der Waals surface area contributed by atoms with E-state index in [2.05, 4.69) is 0 Å². The lowest BCUT2D eigenvalue weighted by Crippen LogP contribution is -2.22. The van der Waals surface area contributed by atoms with Gasteiger partial charge in [-0.15, -0.1) is 0 Å². The highest BCUT2D eigenvalue weighted by Crippen LogP contribution is 2.42. The van der Waals surface area contributed by atoms with Gasteiger partial charge in [-0.25, -0.2) is 4.39 Å². The normalized spacial score (nSPS) is 15.6. The summed E-state index contributed by atoms with van der Waals surface area (Å²) in [6.07, 6.45) is 0. The van der Waals surface area contributed by atoms with Crippen molar-refractivity contribution in [3.63, 3.8) is 0 Å². The molecule has 1 aromatic carbocycles. The van der Waals surface area contributed by atoms with Gasteiger partial charge in [0.25, 0.3) is 0 Å². The molecule has 0 radical (unpaired) electrons. The Bertz CT molecular complexity index is 496. The molecule has 1 atom stereocenters. The van der Waals surface area contributed by atoms with Crippen LogP contribution in [0.3, 0.4) is 0 Å². The lowest BCUT2D eigenvalue weighted by Gasteiger charge is -2.18. The lowest BCUT2D eigenvalue weighted by molar-refractivity contribution is -0.138. The number of fused-ring (bicyclic) bond motifs is 1. The van der Waals surface area contributed by atoms with Crippen molar-refractivity contribution in [2.45, 2.75) is 25.6 Å². The van der Waals surface area contributed by atoms with Crippen molar-refractivity contribution in [2.24, 2.45) is 5.73 Å². The summed E-state index contributed by atoms with van der Waals surface area (Å²) in [6.45, 7) is 2.73. The average molecular weight is 255 g/mol. The number of rotatable bonds is 3. The van der Waals surface area contributed by atoms with Crippen LogP contribution in [-0.4, -0.2) is 17.9 Å². The number of aliphatic carboxylic acids is 1. The van der Waals surface area contributed by atoms with Crippen LogP contribution in [0.1, 0.15) is 31.0 Å². The number of nitrogens with two attached hydrogens (primary N) is 1. The van der Waals surface area contributed by atoms with Crippen LogP contribution in [0.25, 0.3) is 0 Å². The van der Waals surface area contributed by atoms with Crippen molar-refractivity contribution < 1.29 is 23.8 Å². The van der Waals surface area contributed by atoms with Crippen molar-refractivity contribution in [3.8, 4) is 11.5 Å². The number of carboxylic acid groups (broad SMARTS) is 1. The molecule has 1 aliphatic heterocycles. The summed E-state index contributed by atoms with van der Waals surface area (Å²) >= 11 is 0. The van der Waals surface area contributed by atoms with E-state index in [-0.39, 0.29) is 18.1 Å². The molecule has 0 amide bonds. The molecule has 0 aliphatic carbocycles. The zero-order valence-corrected chi connectivity index (χ0v) is 10.1. The number of ether oxygens (including phenoxy) is 2. The number of benzene rings is 1. The molecule has 1 heterocycles. The Labute approximate surface area is 103 Å². The van der Waals surface area contributed by atoms with Crippen LogP contribution < -0.4 is 15.2 Å². The van der Waals surface area contributed by atoms with Crippen LogP contribution in [0.15, 0.2) is 12.1 Å². The van der Waals surface area contributed by atoms with Crippen LogP contribution in [0.5, 0.6) is 11.5 Å². The fourth-order valence-electron chi connectivity index (χ4n) is 1.74. The Morgan fingerprint density at radius 3 is 2.72 bits per heavy atom. The maximum absolute atomic E-state index is 13.9. The van der Waals surface area contributed by atoms with E-state index in [9.17, 15) is 9.18 Å². The van der Waals surface area contributed by atoms with Gasteiger partial charge >= 0.3 is 5.97 Å². The van der Waals surface area contributed by atoms with Gasteiger partial charge < -0.3 is 20.3 Å². The largest absolute Gasteiger partial charge is 0.480 e. The maximum atomic E-state index is 13.9. The summed E-state index contributed by atoms with van der Waals surface area (Å²) in [7, 11) is 0. The lowest BCUT2D eigenvalue weighted by atomic mass is 9.94. The minimum atomic E-state index is -1.62. The van der Waals surface area contributed by atoms with Crippen molar-refractivity contribution in [2.75, 3.05) is 6.79 Å². The zero-order valence-electron chi connectivity index (χ0n) is 10.1. The molecule has 2 rings (SSSR count). The first-order chi connectivity index (χ1) is 8.30. The van der Waals surface area contributed by atoms with E-state index in [1.54, 1.807) is 0 Å². The van der Waals surface area contributed by atoms with Crippen LogP contribution in [0.4, 0.5) is 4.39 Å². The predicted octanol–water partition coefficient (Wildman–Crippen LogP) is 1.70. The Morgan fingerprint density at radius 2 is 2.17 bits per heavy atom. The standard InChI is InChI=1S/C12H14FNO4/c1-12(2,13)6-3-7(9(14)11(15)16)10-8(4-6)17-5-18-10/h3-4,9H,5,14H2,1-2H3,(H,15,16). The third kappa shape index (κ3) is 2.11. The molecule has 0 saturated heterocycles. The van der Waals surface area contributed by atoms with Crippen LogP contribution in [0.2, 0.25) is 0 Å². The molecule has 1 aromatic rings. The quantitative estimate of drug-likeness (QED) is 0.859. The van der Waals surface area contributed by atoms with Gasteiger partial charge in [0.1, 0.15) is 11.7 Å². The Morgan fingerprint density at radius 1 is 1.50 bits per heavy atom. The number of hydrogen-bond donors (Lipinski definition) is 2. The third-order valence-corrected chi connectivity index (χ3v) is 2.79. The zero-order chi connectivity index (χ0) is 13.5. The van der Waals surface area contributed by atoms with E-state index in [0.29, 0.717) is 11.3 Å². The van der Waals surface area contributed by atoms with Gasteiger partial charge in [-0.3, -0.25) is 4.79 Å². The summed E-state index contributed by atoms with van der Waals surface area (Å²) in [5.74, 6) is -0.607. The summed E-state index contributed by atoms with van der Waals surface area (Å²) < 4.78 is 24.3. The minimum absolute atomic E-state index is 0.0230. The van der Waals surface area contributed by atoms with E-state index in [1.807, 2.05) is 0 Å². The molecular weight excluding hydrogens is 241 g/mol. The molecule has 6 heteroatoms. The first-order valence-corrected chi connectivity index (χ1v) is 5.42. The molecule has 3 N–H and O–H groups in total. The molecule has 98 valence electrons. The number of carbonyl (C=O) groups is 1. The Balaban J connectivity index is 2.57. The number of halogens is 1. The van der Waals surface area contributed by atoms with Crippen molar-refractivity contribution in [1.82, 2.24) is 0 Å². The smallest absolute Gasteiger partial charge is 0.325 e. The fourth-order valence-corrected chi connectivity index (χ4v) is 1.74. The van der Waals surface area contributed by atoms with Gasteiger partial charge in [0, 0.05) is 5.56 Å². The van der Waals surface area contributed by atoms with Crippen LogP contribution in [-0.2, 0) is 10.5 Å². The first-order valence-electron chi connectivity index (χ1n) is 5.42. The third-order valence-electron chi connectivity index (χ3n) is 2.79. The van der Waals surface area contributed by atoms with Gasteiger partial charge in [0.2, 0.25) is 6.79 Å². The highest BCUT2D eigenvalue weighted by Gasteiger charge is 2.30. The SMILES string of the molecule is CC(C)(F)c1cc2c(c(C(N)C(=O)O)c1)OCO2. The highest BCUT2D eigenvalue weighted by molar-refractivity contribution is 5.77. The van der Waals surface area contributed by atoms with Crippen molar-refractivity contribution in [3.05, 3.63) is 23.3 Å². The molecule has 18 heavy (non-hydrogen) atoms. The molecule has 1 unspecified atom stereocenters. The van der Waals surface area contributed by atoms with Crippen LogP contribution in [0, 0.1) is 0 Å². The molecular formula is C12H14FNO4. The van der Waals surface area contributed by atoms with E-state index >= 15 is 0 Å².